The molecule has 0 amide bonds. The van der Waals surface area contributed by atoms with E-state index in [1.165, 1.54) is 0 Å². The smallest absolute Gasteiger partial charge is 0.224 e. The standard InChI is InChI=1S/C14H20Cl2O3/c15-13(17)9-1-5-11(6-2-9)19-12-7-3-10(4-8-12)14(16)18/h9-12H,1-8H2. The Morgan fingerprint density at radius 3 is 1.26 bits per heavy atom. The van der Waals surface area contributed by atoms with E-state index in [4.69, 9.17) is 27.9 Å². The molecule has 108 valence electrons. The number of carbonyl (C=O) groups is 2. The van der Waals surface area contributed by atoms with Gasteiger partial charge in [-0.1, -0.05) is 0 Å². The third-order valence-electron chi connectivity index (χ3n) is 4.38. The van der Waals surface area contributed by atoms with Gasteiger partial charge in [-0.25, -0.2) is 0 Å². The van der Waals surface area contributed by atoms with Crippen molar-refractivity contribution in [3.8, 4) is 0 Å². The Bertz CT molecular complexity index is 298. The number of ether oxygens (including phenoxy) is 1. The third-order valence-corrected chi connectivity index (χ3v) is 4.99. The van der Waals surface area contributed by atoms with Crippen LogP contribution in [-0.4, -0.2) is 22.7 Å². The molecule has 0 bridgehead atoms. The molecule has 2 fully saturated rings. The molecule has 0 N–H and O–H groups in total. The lowest BCUT2D eigenvalue weighted by atomic mass is 9.86. The second kappa shape index (κ2) is 7.05. The van der Waals surface area contributed by atoms with Gasteiger partial charge in [-0.15, -0.1) is 0 Å². The molecule has 0 aliphatic heterocycles. The monoisotopic (exact) mass is 306 g/mol. The average Bonchev–Trinajstić information content (AvgIpc) is 2.40. The van der Waals surface area contributed by atoms with Crippen molar-refractivity contribution >= 4 is 33.7 Å². The van der Waals surface area contributed by atoms with Crippen molar-refractivity contribution in [3.05, 3.63) is 0 Å². The Hall–Kier alpha value is -0.120. The largest absolute Gasteiger partial charge is 0.375 e. The van der Waals surface area contributed by atoms with E-state index in [0.29, 0.717) is 0 Å². The van der Waals surface area contributed by atoms with Crippen LogP contribution < -0.4 is 0 Å². The zero-order valence-electron chi connectivity index (χ0n) is 10.9. The number of halogens is 2. The van der Waals surface area contributed by atoms with Crippen molar-refractivity contribution < 1.29 is 14.3 Å². The Balaban J connectivity index is 1.69. The number of rotatable bonds is 4. The lowest BCUT2D eigenvalue weighted by molar-refractivity contribution is -0.119. The average molecular weight is 307 g/mol. The highest BCUT2D eigenvalue weighted by Gasteiger charge is 2.30. The lowest BCUT2D eigenvalue weighted by Crippen LogP contribution is -2.31. The van der Waals surface area contributed by atoms with Crippen molar-refractivity contribution in [3.63, 3.8) is 0 Å². The van der Waals surface area contributed by atoms with Crippen molar-refractivity contribution in [1.29, 1.82) is 0 Å². The summed E-state index contributed by atoms with van der Waals surface area (Å²) in [5, 5.41) is -0.417. The van der Waals surface area contributed by atoms with Gasteiger partial charge in [-0.2, -0.15) is 0 Å². The lowest BCUT2D eigenvalue weighted by Gasteiger charge is -2.33. The molecule has 2 aliphatic carbocycles. The first kappa shape index (κ1) is 15.3. The highest BCUT2D eigenvalue weighted by atomic mass is 35.5. The van der Waals surface area contributed by atoms with E-state index in [1.54, 1.807) is 0 Å². The van der Waals surface area contributed by atoms with Crippen LogP contribution in [-0.2, 0) is 14.3 Å². The van der Waals surface area contributed by atoms with Crippen LogP contribution >= 0.6 is 23.2 Å². The molecule has 0 atom stereocenters. The molecule has 2 aliphatic rings. The summed E-state index contributed by atoms with van der Waals surface area (Å²) in [6.07, 6.45) is 7.50. The highest BCUT2D eigenvalue weighted by molar-refractivity contribution is 6.64. The molecule has 0 heterocycles. The topological polar surface area (TPSA) is 43.4 Å². The van der Waals surface area contributed by atoms with Crippen LogP contribution in [0.2, 0.25) is 0 Å². The van der Waals surface area contributed by atoms with E-state index in [0.717, 1.165) is 51.4 Å². The van der Waals surface area contributed by atoms with Crippen molar-refractivity contribution in [2.45, 2.75) is 63.6 Å². The Morgan fingerprint density at radius 2 is 1.00 bits per heavy atom. The summed E-state index contributed by atoms with van der Waals surface area (Å²) in [5.41, 5.74) is 0. The maximum Gasteiger partial charge on any atom is 0.224 e. The van der Waals surface area contributed by atoms with Gasteiger partial charge in [-0.05, 0) is 74.6 Å². The molecule has 2 saturated carbocycles. The molecule has 2 rings (SSSR count). The second-order valence-corrected chi connectivity index (χ2v) is 6.44. The SMILES string of the molecule is O=C(Cl)C1CCC(OC2CCC(C(=O)Cl)CC2)CC1. The fourth-order valence-corrected chi connectivity index (χ4v) is 3.56. The van der Waals surface area contributed by atoms with E-state index in [1.807, 2.05) is 0 Å². The zero-order chi connectivity index (χ0) is 13.8. The van der Waals surface area contributed by atoms with Gasteiger partial charge in [0.15, 0.2) is 0 Å². The molecular weight excluding hydrogens is 287 g/mol. The molecule has 19 heavy (non-hydrogen) atoms. The van der Waals surface area contributed by atoms with Gasteiger partial charge in [0.25, 0.3) is 0 Å². The molecular formula is C14H20Cl2O3. The molecule has 0 radical (unpaired) electrons. The fourth-order valence-electron chi connectivity index (χ4n) is 3.12. The van der Waals surface area contributed by atoms with E-state index >= 15 is 0 Å². The molecule has 5 heteroatoms. The van der Waals surface area contributed by atoms with E-state index in [-0.39, 0.29) is 34.5 Å². The van der Waals surface area contributed by atoms with Crippen molar-refractivity contribution in [2.24, 2.45) is 11.8 Å². The van der Waals surface area contributed by atoms with E-state index < -0.39 is 0 Å². The summed E-state index contributed by atoms with van der Waals surface area (Å²) < 4.78 is 6.08. The van der Waals surface area contributed by atoms with Crippen LogP contribution in [0.4, 0.5) is 0 Å². The van der Waals surface area contributed by atoms with Crippen LogP contribution in [0.15, 0.2) is 0 Å². The summed E-state index contributed by atoms with van der Waals surface area (Å²) in [7, 11) is 0. The summed E-state index contributed by atoms with van der Waals surface area (Å²) in [6.45, 7) is 0. The van der Waals surface area contributed by atoms with E-state index in [9.17, 15) is 9.59 Å². The molecule has 0 aromatic carbocycles. The Morgan fingerprint density at radius 1 is 0.684 bits per heavy atom. The van der Waals surface area contributed by atoms with Gasteiger partial charge in [-0.3, -0.25) is 9.59 Å². The summed E-state index contributed by atoms with van der Waals surface area (Å²) >= 11 is 11.0. The normalized spacial score (nSPS) is 35.9. The summed E-state index contributed by atoms with van der Waals surface area (Å²) in [6, 6.07) is 0. The minimum absolute atomic E-state index is 0.0196. The molecule has 3 nitrogen and oxygen atoms in total. The molecule has 0 aromatic rings. The van der Waals surface area contributed by atoms with E-state index in [2.05, 4.69) is 0 Å². The maximum atomic E-state index is 11.1. The van der Waals surface area contributed by atoms with Crippen LogP contribution in [0, 0.1) is 11.8 Å². The quantitative estimate of drug-likeness (QED) is 0.745. The first-order chi connectivity index (χ1) is 9.06. The van der Waals surface area contributed by atoms with Crippen LogP contribution in [0.5, 0.6) is 0 Å². The number of hydrogen-bond acceptors (Lipinski definition) is 3. The maximum absolute atomic E-state index is 11.1. The second-order valence-electron chi connectivity index (χ2n) is 5.69. The van der Waals surface area contributed by atoms with Crippen molar-refractivity contribution in [2.75, 3.05) is 0 Å². The predicted octanol–water partition coefficient (Wildman–Crippen LogP) is 3.65. The predicted molar refractivity (Wildman–Crippen MR) is 74.3 cm³/mol. The van der Waals surface area contributed by atoms with Crippen LogP contribution in [0.25, 0.3) is 0 Å². The van der Waals surface area contributed by atoms with Gasteiger partial charge in [0, 0.05) is 11.8 Å². The first-order valence-electron chi connectivity index (χ1n) is 7.10. The fraction of sp³-hybridized carbons (Fsp3) is 0.857. The van der Waals surface area contributed by atoms with Gasteiger partial charge in [0.2, 0.25) is 10.5 Å². The van der Waals surface area contributed by atoms with Crippen LogP contribution in [0.3, 0.4) is 0 Å². The molecule has 0 spiro atoms. The first-order valence-corrected chi connectivity index (χ1v) is 7.86. The van der Waals surface area contributed by atoms with Crippen molar-refractivity contribution in [1.82, 2.24) is 0 Å². The number of hydrogen-bond donors (Lipinski definition) is 0. The minimum atomic E-state index is -0.209. The molecule has 0 saturated heterocycles. The Labute approximate surface area is 124 Å². The van der Waals surface area contributed by atoms with Crippen LogP contribution in [0.1, 0.15) is 51.4 Å². The highest BCUT2D eigenvalue weighted by Crippen LogP contribution is 2.33. The zero-order valence-corrected chi connectivity index (χ0v) is 12.5. The Kier molecular flexibility index (Phi) is 5.67. The summed E-state index contributed by atoms with van der Waals surface area (Å²) in [4.78, 5) is 22.2. The minimum Gasteiger partial charge on any atom is -0.375 e. The van der Waals surface area contributed by atoms with Gasteiger partial charge < -0.3 is 4.74 Å². The van der Waals surface area contributed by atoms with Gasteiger partial charge in [0.05, 0.1) is 12.2 Å². The third kappa shape index (κ3) is 4.44. The molecule has 0 unspecified atom stereocenters. The van der Waals surface area contributed by atoms with Gasteiger partial charge in [0.1, 0.15) is 0 Å². The summed E-state index contributed by atoms with van der Waals surface area (Å²) in [5.74, 6) is 0.0391. The molecule has 0 aromatic heterocycles. The van der Waals surface area contributed by atoms with Gasteiger partial charge >= 0.3 is 0 Å². The number of carbonyl (C=O) groups excluding carboxylic acids is 2.